The van der Waals surface area contributed by atoms with E-state index in [1.807, 2.05) is 24.7 Å². The summed E-state index contributed by atoms with van der Waals surface area (Å²) in [4.78, 5) is 14.9. The molecule has 0 unspecified atom stereocenters. The van der Waals surface area contributed by atoms with Crippen molar-refractivity contribution in [1.29, 1.82) is 0 Å². The highest BCUT2D eigenvalue weighted by atomic mass is 14.8. The molecule has 0 saturated carbocycles. The number of hydrogen-bond acceptors (Lipinski definition) is 3. The molecule has 3 aromatic heterocycles. The quantitative estimate of drug-likeness (QED) is 0.393. The molecule has 0 N–H and O–H groups in total. The average molecular weight is 407 g/mol. The van der Waals surface area contributed by atoms with Crippen LogP contribution in [-0.4, -0.2) is 21.7 Å². The molecule has 2 aliphatic rings. The summed E-state index contributed by atoms with van der Waals surface area (Å²) in [5.41, 5.74) is 9.80. The average Bonchev–Trinajstić information content (AvgIpc) is 3.16. The Kier molecular flexibility index (Phi) is 3.56. The third-order valence-electron chi connectivity index (χ3n) is 6.94. The fraction of sp³-hybridized carbons (Fsp3) is 0.0357. The third-order valence-corrected chi connectivity index (χ3v) is 6.94. The first-order valence-corrected chi connectivity index (χ1v) is 10.9. The molecule has 0 amide bonds. The van der Waals surface area contributed by atoms with E-state index in [9.17, 15) is 0 Å². The molecule has 2 aromatic carbocycles. The van der Waals surface area contributed by atoms with Crippen LogP contribution in [0.1, 0.15) is 22.5 Å². The van der Waals surface area contributed by atoms with E-state index in [0.717, 1.165) is 28.2 Å². The minimum Gasteiger partial charge on any atom is -0.260 e. The number of rotatable bonds is 1. The smallest absolute Gasteiger partial charge is 0.246 e. The highest BCUT2D eigenvalue weighted by Crippen LogP contribution is 2.54. The molecule has 0 radical (unpaired) electrons. The molecule has 4 heterocycles. The van der Waals surface area contributed by atoms with Crippen molar-refractivity contribution in [1.82, 2.24) is 15.0 Å². The van der Waals surface area contributed by atoms with Crippen LogP contribution in [-0.2, 0) is 5.41 Å². The summed E-state index contributed by atoms with van der Waals surface area (Å²) < 4.78 is 0. The SMILES string of the molecule is c1ccc(B2c3cccnc3C3(c4ccccc4-c4ncccc43)c3ncccc32)cc1. The van der Waals surface area contributed by atoms with E-state index in [1.165, 1.54) is 22.0 Å². The molecule has 0 atom stereocenters. The standard InChI is InChI=1S/C28H18BN3/c1-2-9-19(10-3-1)29-23-14-7-17-31-26(23)28(27-24(29)15-8-18-32-27)21-12-5-4-11-20(21)25-22(28)13-6-16-30-25/h1-18H. The fourth-order valence-electron chi connectivity index (χ4n) is 5.81. The van der Waals surface area contributed by atoms with E-state index in [1.54, 1.807) is 0 Å². The summed E-state index contributed by atoms with van der Waals surface area (Å²) in [5.74, 6) is 0. The molecular weight excluding hydrogens is 389 g/mol. The predicted octanol–water partition coefficient (Wildman–Crippen LogP) is 3.06. The Morgan fingerprint density at radius 3 is 1.88 bits per heavy atom. The topological polar surface area (TPSA) is 38.7 Å². The van der Waals surface area contributed by atoms with E-state index < -0.39 is 5.41 Å². The van der Waals surface area contributed by atoms with Gasteiger partial charge in [0.25, 0.3) is 0 Å². The number of benzene rings is 2. The van der Waals surface area contributed by atoms with Gasteiger partial charge in [-0.3, -0.25) is 15.0 Å². The maximum absolute atomic E-state index is 5.06. The molecular formula is C28H18BN3. The summed E-state index contributed by atoms with van der Waals surface area (Å²) in [6.07, 6.45) is 5.70. The summed E-state index contributed by atoms with van der Waals surface area (Å²) in [6.45, 7) is 0.0853. The van der Waals surface area contributed by atoms with Crippen LogP contribution in [0.25, 0.3) is 11.3 Å². The van der Waals surface area contributed by atoms with E-state index >= 15 is 0 Å². The Hall–Kier alpha value is -4.05. The molecule has 32 heavy (non-hydrogen) atoms. The number of fused-ring (bicyclic) bond motifs is 9. The second-order valence-electron chi connectivity index (χ2n) is 8.42. The van der Waals surface area contributed by atoms with E-state index in [4.69, 9.17) is 15.0 Å². The van der Waals surface area contributed by atoms with Gasteiger partial charge in [0.15, 0.2) is 0 Å². The number of aromatic nitrogens is 3. The molecule has 1 spiro atoms. The van der Waals surface area contributed by atoms with Crippen LogP contribution in [0.4, 0.5) is 0 Å². The van der Waals surface area contributed by atoms with Gasteiger partial charge in [0, 0.05) is 29.7 Å². The Labute approximate surface area is 186 Å². The van der Waals surface area contributed by atoms with Crippen LogP contribution in [0.15, 0.2) is 110 Å². The van der Waals surface area contributed by atoms with Crippen molar-refractivity contribution in [3.8, 4) is 11.3 Å². The first-order chi connectivity index (χ1) is 15.9. The molecule has 0 bridgehead atoms. The van der Waals surface area contributed by atoms with E-state index in [2.05, 4.69) is 84.9 Å². The lowest BCUT2D eigenvalue weighted by Crippen LogP contribution is -2.62. The van der Waals surface area contributed by atoms with Gasteiger partial charge in [-0.15, -0.1) is 0 Å². The van der Waals surface area contributed by atoms with Gasteiger partial charge in [-0.25, -0.2) is 0 Å². The number of pyridine rings is 3. The zero-order valence-corrected chi connectivity index (χ0v) is 17.3. The van der Waals surface area contributed by atoms with Crippen molar-refractivity contribution in [2.45, 2.75) is 5.41 Å². The molecule has 1 aliphatic heterocycles. The number of nitrogens with zero attached hydrogens (tertiary/aromatic N) is 3. The maximum Gasteiger partial charge on any atom is 0.246 e. The molecule has 0 fully saturated rings. The van der Waals surface area contributed by atoms with E-state index in [-0.39, 0.29) is 6.71 Å². The first-order valence-electron chi connectivity index (χ1n) is 10.9. The van der Waals surface area contributed by atoms with E-state index in [0.29, 0.717) is 0 Å². The monoisotopic (exact) mass is 407 g/mol. The highest BCUT2D eigenvalue weighted by Gasteiger charge is 2.54. The van der Waals surface area contributed by atoms with Gasteiger partial charge in [-0.05, 0) is 34.7 Å². The molecule has 7 rings (SSSR count). The molecule has 3 nitrogen and oxygen atoms in total. The minimum absolute atomic E-state index is 0.0853. The second kappa shape index (κ2) is 6.48. The van der Waals surface area contributed by atoms with Crippen molar-refractivity contribution < 1.29 is 0 Å². The Morgan fingerprint density at radius 1 is 0.531 bits per heavy atom. The number of hydrogen-bond donors (Lipinski definition) is 0. The van der Waals surface area contributed by atoms with Crippen LogP contribution in [0.3, 0.4) is 0 Å². The van der Waals surface area contributed by atoms with Gasteiger partial charge in [-0.2, -0.15) is 0 Å². The second-order valence-corrected chi connectivity index (χ2v) is 8.42. The third kappa shape index (κ3) is 2.09. The Morgan fingerprint density at radius 2 is 1.12 bits per heavy atom. The summed E-state index contributed by atoms with van der Waals surface area (Å²) >= 11 is 0. The minimum atomic E-state index is -0.571. The lowest BCUT2D eigenvalue weighted by atomic mass is 9.32. The van der Waals surface area contributed by atoms with Crippen LogP contribution < -0.4 is 16.4 Å². The van der Waals surface area contributed by atoms with Crippen molar-refractivity contribution in [2.75, 3.05) is 0 Å². The van der Waals surface area contributed by atoms with Gasteiger partial charge in [0.1, 0.15) is 5.41 Å². The normalized spacial score (nSPS) is 14.4. The van der Waals surface area contributed by atoms with Gasteiger partial charge in [0.2, 0.25) is 6.71 Å². The van der Waals surface area contributed by atoms with Crippen LogP contribution in [0.2, 0.25) is 0 Å². The lowest BCUT2D eigenvalue weighted by Gasteiger charge is -2.40. The summed E-state index contributed by atoms with van der Waals surface area (Å²) in [6, 6.07) is 32.1. The summed E-state index contributed by atoms with van der Waals surface area (Å²) in [7, 11) is 0. The molecule has 148 valence electrons. The van der Waals surface area contributed by atoms with Gasteiger partial charge < -0.3 is 0 Å². The van der Waals surface area contributed by atoms with Crippen LogP contribution in [0, 0.1) is 0 Å². The van der Waals surface area contributed by atoms with Crippen molar-refractivity contribution in [3.05, 3.63) is 132 Å². The molecule has 5 aromatic rings. The van der Waals surface area contributed by atoms with Crippen LogP contribution in [0.5, 0.6) is 0 Å². The van der Waals surface area contributed by atoms with Crippen molar-refractivity contribution >= 4 is 23.1 Å². The van der Waals surface area contributed by atoms with Gasteiger partial charge in [0.05, 0.1) is 17.1 Å². The molecule has 4 heteroatoms. The zero-order valence-electron chi connectivity index (χ0n) is 17.3. The molecule has 0 saturated heterocycles. The predicted molar refractivity (Wildman–Crippen MR) is 128 cm³/mol. The van der Waals surface area contributed by atoms with Crippen molar-refractivity contribution in [3.63, 3.8) is 0 Å². The fourth-order valence-corrected chi connectivity index (χ4v) is 5.81. The zero-order chi connectivity index (χ0) is 21.1. The van der Waals surface area contributed by atoms with Gasteiger partial charge >= 0.3 is 0 Å². The van der Waals surface area contributed by atoms with Gasteiger partial charge in [-0.1, -0.05) is 78.3 Å². The Balaban J connectivity index is 1.67. The van der Waals surface area contributed by atoms with Crippen molar-refractivity contribution in [2.24, 2.45) is 0 Å². The molecule has 1 aliphatic carbocycles. The highest BCUT2D eigenvalue weighted by molar-refractivity contribution is 6.96. The summed E-state index contributed by atoms with van der Waals surface area (Å²) in [5, 5.41) is 0. The maximum atomic E-state index is 5.06. The first kappa shape index (κ1) is 17.6. The lowest BCUT2D eigenvalue weighted by molar-refractivity contribution is 0.711. The largest absolute Gasteiger partial charge is 0.260 e. The van der Waals surface area contributed by atoms with Crippen LogP contribution >= 0.6 is 0 Å². The Bertz CT molecular complexity index is 1400.